The highest BCUT2D eigenvalue weighted by Gasteiger charge is 2.46. The third kappa shape index (κ3) is 3.69. The Hall–Kier alpha value is -0.160. The standard InChI is InChI=1S/C15H31N3O/c1-4-17(5-2)9-8-16-15(12-19)10-13(3)18(11-15)14-6-7-14/h13-14,16,19H,4-12H2,1-3H3. The number of aliphatic hydroxyl groups excluding tert-OH is 1. The largest absolute Gasteiger partial charge is 0.394 e. The van der Waals surface area contributed by atoms with E-state index in [0.717, 1.165) is 45.2 Å². The van der Waals surface area contributed by atoms with Crippen LogP contribution in [0.25, 0.3) is 0 Å². The highest BCUT2D eigenvalue weighted by Crippen LogP contribution is 2.36. The van der Waals surface area contributed by atoms with Crippen LogP contribution >= 0.6 is 0 Å². The van der Waals surface area contributed by atoms with Gasteiger partial charge in [-0.1, -0.05) is 13.8 Å². The zero-order valence-electron chi connectivity index (χ0n) is 12.9. The number of rotatable bonds is 8. The van der Waals surface area contributed by atoms with Crippen LogP contribution in [-0.2, 0) is 0 Å². The number of hydrogen-bond donors (Lipinski definition) is 2. The summed E-state index contributed by atoms with van der Waals surface area (Å²) < 4.78 is 0. The molecule has 2 aliphatic rings. The molecule has 1 aliphatic carbocycles. The van der Waals surface area contributed by atoms with Crippen LogP contribution in [0.3, 0.4) is 0 Å². The summed E-state index contributed by atoms with van der Waals surface area (Å²) in [6, 6.07) is 1.41. The van der Waals surface area contributed by atoms with Gasteiger partial charge in [-0.05, 0) is 39.3 Å². The quantitative estimate of drug-likeness (QED) is 0.687. The Kier molecular flexibility index (Phi) is 5.23. The minimum atomic E-state index is -0.0604. The Morgan fingerprint density at radius 1 is 1.32 bits per heavy atom. The van der Waals surface area contributed by atoms with Crippen molar-refractivity contribution in [1.82, 2.24) is 15.1 Å². The van der Waals surface area contributed by atoms with Crippen molar-refractivity contribution in [3.8, 4) is 0 Å². The van der Waals surface area contributed by atoms with Gasteiger partial charge in [-0.25, -0.2) is 0 Å². The van der Waals surface area contributed by atoms with Crippen molar-refractivity contribution in [2.24, 2.45) is 0 Å². The van der Waals surface area contributed by atoms with Gasteiger partial charge in [0.05, 0.1) is 12.1 Å². The monoisotopic (exact) mass is 269 g/mol. The first-order valence-electron chi connectivity index (χ1n) is 7.98. The van der Waals surface area contributed by atoms with Gasteiger partial charge in [0.15, 0.2) is 0 Å². The van der Waals surface area contributed by atoms with Crippen molar-refractivity contribution in [2.75, 3.05) is 39.3 Å². The molecule has 0 bridgehead atoms. The second kappa shape index (κ2) is 6.53. The maximum absolute atomic E-state index is 9.83. The van der Waals surface area contributed by atoms with E-state index in [2.05, 4.69) is 35.9 Å². The van der Waals surface area contributed by atoms with Crippen molar-refractivity contribution >= 4 is 0 Å². The Morgan fingerprint density at radius 3 is 2.53 bits per heavy atom. The van der Waals surface area contributed by atoms with Crippen molar-refractivity contribution in [3.63, 3.8) is 0 Å². The van der Waals surface area contributed by atoms with Crippen molar-refractivity contribution in [3.05, 3.63) is 0 Å². The van der Waals surface area contributed by atoms with Crippen LogP contribution in [0.15, 0.2) is 0 Å². The lowest BCUT2D eigenvalue weighted by Crippen LogP contribution is -2.52. The van der Waals surface area contributed by atoms with Crippen LogP contribution in [0.5, 0.6) is 0 Å². The van der Waals surface area contributed by atoms with E-state index in [1.54, 1.807) is 0 Å². The van der Waals surface area contributed by atoms with Crippen LogP contribution in [0.4, 0.5) is 0 Å². The molecule has 0 aromatic rings. The highest BCUT2D eigenvalue weighted by molar-refractivity contribution is 5.04. The summed E-state index contributed by atoms with van der Waals surface area (Å²) in [4.78, 5) is 5.02. The maximum atomic E-state index is 9.83. The molecule has 2 rings (SSSR count). The molecule has 0 radical (unpaired) electrons. The second-order valence-electron chi connectivity index (χ2n) is 6.35. The van der Waals surface area contributed by atoms with E-state index in [9.17, 15) is 5.11 Å². The Bertz CT molecular complexity index is 279. The molecule has 4 heteroatoms. The topological polar surface area (TPSA) is 38.7 Å². The number of likely N-dealkylation sites (tertiary alicyclic amines) is 1. The molecule has 2 fully saturated rings. The number of aliphatic hydroxyl groups is 1. The second-order valence-corrected chi connectivity index (χ2v) is 6.35. The predicted molar refractivity (Wildman–Crippen MR) is 79.4 cm³/mol. The van der Waals surface area contributed by atoms with E-state index in [1.165, 1.54) is 12.8 Å². The molecule has 1 saturated heterocycles. The number of likely N-dealkylation sites (N-methyl/N-ethyl adjacent to an activating group) is 1. The zero-order valence-corrected chi connectivity index (χ0v) is 12.9. The average molecular weight is 269 g/mol. The van der Waals surface area contributed by atoms with Crippen molar-refractivity contribution < 1.29 is 5.11 Å². The van der Waals surface area contributed by atoms with Crippen molar-refractivity contribution in [2.45, 2.75) is 57.7 Å². The highest BCUT2D eigenvalue weighted by atomic mass is 16.3. The first-order valence-corrected chi connectivity index (χ1v) is 7.98. The Morgan fingerprint density at radius 2 is 2.00 bits per heavy atom. The summed E-state index contributed by atoms with van der Waals surface area (Å²) in [5.41, 5.74) is -0.0604. The van der Waals surface area contributed by atoms with E-state index < -0.39 is 0 Å². The zero-order chi connectivity index (χ0) is 13.9. The van der Waals surface area contributed by atoms with Gasteiger partial charge in [-0.2, -0.15) is 0 Å². The van der Waals surface area contributed by atoms with Gasteiger partial charge in [-0.15, -0.1) is 0 Å². The molecule has 0 aromatic carbocycles. The lowest BCUT2D eigenvalue weighted by molar-refractivity contribution is 0.153. The lowest BCUT2D eigenvalue weighted by atomic mass is 9.97. The van der Waals surface area contributed by atoms with Gasteiger partial charge in [0.2, 0.25) is 0 Å². The molecule has 1 aliphatic heterocycles. The average Bonchev–Trinajstić information content (AvgIpc) is 3.20. The minimum absolute atomic E-state index is 0.0604. The lowest BCUT2D eigenvalue weighted by Gasteiger charge is -2.30. The molecule has 19 heavy (non-hydrogen) atoms. The predicted octanol–water partition coefficient (Wildman–Crippen LogP) is 0.906. The molecule has 0 spiro atoms. The van der Waals surface area contributed by atoms with Crippen LogP contribution in [0.1, 0.15) is 40.0 Å². The van der Waals surface area contributed by atoms with Crippen LogP contribution in [0.2, 0.25) is 0 Å². The van der Waals surface area contributed by atoms with Gasteiger partial charge in [-0.3, -0.25) is 4.90 Å². The van der Waals surface area contributed by atoms with E-state index in [0.29, 0.717) is 6.04 Å². The molecular weight excluding hydrogens is 238 g/mol. The van der Waals surface area contributed by atoms with Crippen LogP contribution in [0, 0.1) is 0 Å². The van der Waals surface area contributed by atoms with Gasteiger partial charge in [0, 0.05) is 31.7 Å². The molecule has 4 nitrogen and oxygen atoms in total. The van der Waals surface area contributed by atoms with Gasteiger partial charge in [0.25, 0.3) is 0 Å². The fraction of sp³-hybridized carbons (Fsp3) is 1.00. The summed E-state index contributed by atoms with van der Waals surface area (Å²) in [6.07, 6.45) is 3.79. The Labute approximate surface area is 118 Å². The number of hydrogen-bond acceptors (Lipinski definition) is 4. The van der Waals surface area contributed by atoms with Crippen LogP contribution < -0.4 is 5.32 Å². The minimum Gasteiger partial charge on any atom is -0.394 e. The summed E-state index contributed by atoms with van der Waals surface area (Å²) >= 11 is 0. The van der Waals surface area contributed by atoms with E-state index in [4.69, 9.17) is 0 Å². The van der Waals surface area contributed by atoms with Gasteiger partial charge in [0.1, 0.15) is 0 Å². The van der Waals surface area contributed by atoms with E-state index in [1.807, 2.05) is 0 Å². The third-order valence-corrected chi connectivity index (χ3v) is 4.88. The van der Waals surface area contributed by atoms with Crippen LogP contribution in [-0.4, -0.2) is 71.9 Å². The smallest absolute Gasteiger partial charge is 0.0626 e. The summed E-state index contributed by atoms with van der Waals surface area (Å²) in [7, 11) is 0. The maximum Gasteiger partial charge on any atom is 0.0626 e. The number of nitrogens with zero attached hydrogens (tertiary/aromatic N) is 2. The Balaban J connectivity index is 1.82. The first kappa shape index (κ1) is 15.2. The van der Waals surface area contributed by atoms with Gasteiger partial charge < -0.3 is 15.3 Å². The summed E-state index contributed by atoms with van der Waals surface area (Å²) in [5, 5.41) is 13.5. The molecule has 2 unspecified atom stereocenters. The first-order chi connectivity index (χ1) is 9.14. The molecule has 1 heterocycles. The molecule has 112 valence electrons. The van der Waals surface area contributed by atoms with E-state index >= 15 is 0 Å². The molecular formula is C15H31N3O. The van der Waals surface area contributed by atoms with Crippen molar-refractivity contribution in [1.29, 1.82) is 0 Å². The fourth-order valence-corrected chi connectivity index (χ4v) is 3.47. The SMILES string of the molecule is CCN(CC)CCNC1(CO)CC(C)N(C2CC2)C1. The van der Waals surface area contributed by atoms with Gasteiger partial charge >= 0.3 is 0 Å². The molecule has 0 aromatic heterocycles. The molecule has 0 amide bonds. The molecule has 1 saturated carbocycles. The normalized spacial score (nSPS) is 32.4. The summed E-state index contributed by atoms with van der Waals surface area (Å²) in [6.45, 7) is 12.3. The molecule has 2 N–H and O–H groups in total. The third-order valence-electron chi connectivity index (χ3n) is 4.88. The number of nitrogens with one attached hydrogen (secondary N) is 1. The summed E-state index contributed by atoms with van der Waals surface area (Å²) in [5.74, 6) is 0. The van der Waals surface area contributed by atoms with E-state index in [-0.39, 0.29) is 12.1 Å². The fourth-order valence-electron chi connectivity index (χ4n) is 3.47. The molecule has 2 atom stereocenters.